The first-order chi connectivity index (χ1) is 7.08. The van der Waals surface area contributed by atoms with Crippen molar-refractivity contribution in [1.82, 2.24) is 4.57 Å². The highest BCUT2D eigenvalue weighted by Crippen LogP contribution is 2.27. The Morgan fingerprint density at radius 3 is 2.80 bits per heavy atom. The van der Waals surface area contributed by atoms with E-state index < -0.39 is 0 Å². The summed E-state index contributed by atoms with van der Waals surface area (Å²) in [5.41, 5.74) is 1.99. The minimum absolute atomic E-state index is 0.300. The second-order valence-electron chi connectivity index (χ2n) is 4.03. The van der Waals surface area contributed by atoms with Crippen molar-refractivity contribution in [3.05, 3.63) is 30.0 Å². The number of aliphatic hydroxyl groups is 1. The number of fused-ring (bicyclic) bond motifs is 1. The van der Waals surface area contributed by atoms with Gasteiger partial charge in [0.15, 0.2) is 0 Å². The lowest BCUT2D eigenvalue weighted by molar-refractivity contribution is 0.175. The van der Waals surface area contributed by atoms with Crippen molar-refractivity contribution in [3.63, 3.8) is 0 Å². The van der Waals surface area contributed by atoms with Gasteiger partial charge in [0.25, 0.3) is 0 Å². The summed E-state index contributed by atoms with van der Waals surface area (Å²) in [6, 6.07) is 5.62. The Morgan fingerprint density at radius 1 is 1.40 bits per heavy atom. The van der Waals surface area contributed by atoms with Gasteiger partial charge in [-0.3, -0.25) is 0 Å². The predicted molar refractivity (Wildman–Crippen MR) is 60.0 cm³/mol. The van der Waals surface area contributed by atoms with E-state index in [9.17, 15) is 10.2 Å². The Kier molecular flexibility index (Phi) is 2.40. The van der Waals surface area contributed by atoms with Gasteiger partial charge in [-0.25, -0.2) is 0 Å². The molecule has 3 heteroatoms. The molecule has 0 aliphatic rings. The number of aromatic hydroxyl groups is 1. The number of rotatable bonds is 2. The smallest absolute Gasteiger partial charge is 0.125 e. The first kappa shape index (κ1) is 10.1. The normalized spacial score (nSPS) is 13.3. The lowest BCUT2D eigenvalue weighted by atomic mass is 10.1. The molecule has 1 aromatic carbocycles. The number of hydrogen-bond acceptors (Lipinski definition) is 2. The third-order valence-electron chi connectivity index (χ3n) is 2.47. The second-order valence-corrected chi connectivity index (χ2v) is 4.03. The van der Waals surface area contributed by atoms with Crippen LogP contribution in [-0.4, -0.2) is 20.9 Å². The standard InChI is InChI=1S/C12H15NO2/c1-8-5-11-10(12(15)6-8)3-4-13(11)7-9(2)14/h3-6,9,14-15H,7H2,1-2H3. The average molecular weight is 205 g/mol. The van der Waals surface area contributed by atoms with Gasteiger partial charge < -0.3 is 14.8 Å². The molecule has 1 aromatic heterocycles. The van der Waals surface area contributed by atoms with Crippen LogP contribution in [0.4, 0.5) is 0 Å². The Hall–Kier alpha value is -1.48. The highest BCUT2D eigenvalue weighted by atomic mass is 16.3. The van der Waals surface area contributed by atoms with Crippen molar-refractivity contribution in [3.8, 4) is 5.75 Å². The molecule has 1 heterocycles. The number of benzene rings is 1. The number of phenols is 1. The van der Waals surface area contributed by atoms with Crippen LogP contribution in [-0.2, 0) is 6.54 Å². The number of phenolic OH excluding ortho intramolecular Hbond substituents is 1. The van der Waals surface area contributed by atoms with Crippen molar-refractivity contribution >= 4 is 10.9 Å². The van der Waals surface area contributed by atoms with Crippen molar-refractivity contribution in [1.29, 1.82) is 0 Å². The van der Waals surface area contributed by atoms with Crippen molar-refractivity contribution in [2.45, 2.75) is 26.5 Å². The number of aliphatic hydroxyl groups excluding tert-OH is 1. The Labute approximate surface area is 88.6 Å². The lowest BCUT2D eigenvalue weighted by Crippen LogP contribution is -2.10. The van der Waals surface area contributed by atoms with E-state index >= 15 is 0 Å². The molecule has 2 N–H and O–H groups in total. The molecule has 2 aromatic rings. The molecule has 0 amide bonds. The Bertz CT molecular complexity index is 486. The SMILES string of the molecule is Cc1cc(O)c2ccn(CC(C)O)c2c1. The fourth-order valence-electron chi connectivity index (χ4n) is 1.86. The molecule has 1 unspecified atom stereocenters. The number of aromatic nitrogens is 1. The average Bonchev–Trinajstić information content (AvgIpc) is 2.48. The zero-order chi connectivity index (χ0) is 11.0. The molecule has 3 nitrogen and oxygen atoms in total. The van der Waals surface area contributed by atoms with Gasteiger partial charge in [-0.05, 0) is 37.6 Å². The summed E-state index contributed by atoms with van der Waals surface area (Å²) in [5.74, 6) is 0.300. The summed E-state index contributed by atoms with van der Waals surface area (Å²) in [6.07, 6.45) is 1.50. The van der Waals surface area contributed by atoms with Crippen LogP contribution in [0.1, 0.15) is 12.5 Å². The lowest BCUT2D eigenvalue weighted by Gasteiger charge is -2.08. The molecule has 0 aliphatic heterocycles. The maximum atomic E-state index is 9.72. The van der Waals surface area contributed by atoms with Crippen molar-refractivity contribution in [2.75, 3.05) is 0 Å². The van der Waals surface area contributed by atoms with Gasteiger partial charge in [-0.15, -0.1) is 0 Å². The molecular formula is C12H15NO2. The number of aryl methyl sites for hydroxylation is 1. The van der Waals surface area contributed by atoms with Crippen LogP contribution >= 0.6 is 0 Å². The molecule has 0 fully saturated rings. The Morgan fingerprint density at radius 2 is 2.13 bits per heavy atom. The van der Waals surface area contributed by atoms with Gasteiger partial charge in [-0.1, -0.05) is 0 Å². The quantitative estimate of drug-likeness (QED) is 0.788. The van der Waals surface area contributed by atoms with Gasteiger partial charge >= 0.3 is 0 Å². The molecule has 0 aliphatic carbocycles. The highest BCUT2D eigenvalue weighted by Gasteiger charge is 2.07. The minimum Gasteiger partial charge on any atom is -0.507 e. The van der Waals surface area contributed by atoms with Crippen LogP contribution in [0, 0.1) is 6.92 Å². The van der Waals surface area contributed by atoms with Gasteiger partial charge in [0, 0.05) is 18.1 Å². The zero-order valence-corrected chi connectivity index (χ0v) is 8.94. The largest absolute Gasteiger partial charge is 0.507 e. The first-order valence-corrected chi connectivity index (χ1v) is 5.04. The van der Waals surface area contributed by atoms with Crippen LogP contribution in [0.25, 0.3) is 10.9 Å². The van der Waals surface area contributed by atoms with Crippen LogP contribution in [0.15, 0.2) is 24.4 Å². The van der Waals surface area contributed by atoms with E-state index in [1.54, 1.807) is 13.0 Å². The zero-order valence-electron chi connectivity index (χ0n) is 8.94. The van der Waals surface area contributed by atoms with E-state index in [-0.39, 0.29) is 6.10 Å². The molecule has 1 atom stereocenters. The van der Waals surface area contributed by atoms with E-state index in [4.69, 9.17) is 0 Å². The van der Waals surface area contributed by atoms with Crippen molar-refractivity contribution in [2.24, 2.45) is 0 Å². The first-order valence-electron chi connectivity index (χ1n) is 5.04. The molecule has 0 saturated carbocycles. The van der Waals surface area contributed by atoms with Gasteiger partial charge in [0.05, 0.1) is 11.6 Å². The molecule has 0 spiro atoms. The molecule has 0 radical (unpaired) electrons. The summed E-state index contributed by atoms with van der Waals surface area (Å²) >= 11 is 0. The fraction of sp³-hybridized carbons (Fsp3) is 0.333. The molecular weight excluding hydrogens is 190 g/mol. The maximum Gasteiger partial charge on any atom is 0.125 e. The molecule has 2 rings (SSSR count). The summed E-state index contributed by atoms with van der Waals surface area (Å²) in [5, 5.41) is 19.9. The molecule has 80 valence electrons. The summed E-state index contributed by atoms with van der Waals surface area (Å²) in [6.45, 7) is 4.24. The van der Waals surface area contributed by atoms with Gasteiger partial charge in [0.2, 0.25) is 0 Å². The monoisotopic (exact) mass is 205 g/mol. The molecule has 0 bridgehead atoms. The summed E-state index contributed by atoms with van der Waals surface area (Å²) < 4.78 is 1.95. The van der Waals surface area contributed by atoms with E-state index in [0.717, 1.165) is 16.5 Å². The molecule has 15 heavy (non-hydrogen) atoms. The van der Waals surface area contributed by atoms with Gasteiger partial charge in [0.1, 0.15) is 5.75 Å². The fourth-order valence-corrected chi connectivity index (χ4v) is 1.86. The maximum absolute atomic E-state index is 9.72. The topological polar surface area (TPSA) is 45.4 Å². The summed E-state index contributed by atoms with van der Waals surface area (Å²) in [7, 11) is 0. The third kappa shape index (κ3) is 1.83. The second kappa shape index (κ2) is 3.59. The van der Waals surface area contributed by atoms with Crippen LogP contribution in [0.3, 0.4) is 0 Å². The van der Waals surface area contributed by atoms with Gasteiger partial charge in [-0.2, -0.15) is 0 Å². The van der Waals surface area contributed by atoms with E-state index in [2.05, 4.69) is 0 Å². The van der Waals surface area contributed by atoms with Crippen LogP contribution < -0.4 is 0 Å². The summed E-state index contributed by atoms with van der Waals surface area (Å²) in [4.78, 5) is 0. The minimum atomic E-state index is -0.386. The van der Waals surface area contributed by atoms with Crippen molar-refractivity contribution < 1.29 is 10.2 Å². The van der Waals surface area contributed by atoms with E-state index in [1.807, 2.05) is 29.8 Å². The van der Waals surface area contributed by atoms with E-state index in [1.165, 1.54) is 0 Å². The third-order valence-corrected chi connectivity index (χ3v) is 2.47. The predicted octanol–water partition coefficient (Wildman–Crippen LogP) is 2.04. The molecule has 0 saturated heterocycles. The van der Waals surface area contributed by atoms with Crippen LogP contribution in [0.5, 0.6) is 5.75 Å². The highest BCUT2D eigenvalue weighted by molar-refractivity contribution is 5.86. The number of nitrogens with zero attached hydrogens (tertiary/aromatic N) is 1. The van der Waals surface area contributed by atoms with Crippen LogP contribution in [0.2, 0.25) is 0 Å². The number of hydrogen-bond donors (Lipinski definition) is 2. The van der Waals surface area contributed by atoms with E-state index in [0.29, 0.717) is 12.3 Å². The Balaban J connectivity index is 2.58.